The van der Waals surface area contributed by atoms with Crippen LogP contribution in [-0.2, 0) is 88.2 Å². The van der Waals surface area contributed by atoms with Gasteiger partial charge in [0, 0.05) is 20.8 Å². The molecule has 10 atom stereocenters. The van der Waals surface area contributed by atoms with Crippen molar-refractivity contribution in [3.8, 4) is 0 Å². The van der Waals surface area contributed by atoms with Gasteiger partial charge in [0.15, 0.2) is 30.9 Å². The lowest BCUT2D eigenvalue weighted by atomic mass is 9.97. The number of carbonyl (C=O) groups is 3. The summed E-state index contributed by atoms with van der Waals surface area (Å²) in [6, 6.07) is 38.7. The second-order valence-corrected chi connectivity index (χ2v) is 14.4. The molecule has 320 valence electrons. The summed E-state index contributed by atoms with van der Waals surface area (Å²) in [6.45, 7) is 3.97. The van der Waals surface area contributed by atoms with E-state index in [-0.39, 0.29) is 33.0 Å². The van der Waals surface area contributed by atoms with Gasteiger partial charge in [-0.2, -0.15) is 0 Å². The van der Waals surface area contributed by atoms with Crippen LogP contribution < -0.4 is 0 Å². The van der Waals surface area contributed by atoms with E-state index in [0.29, 0.717) is 6.61 Å². The highest BCUT2D eigenvalue weighted by Crippen LogP contribution is 2.34. The minimum atomic E-state index is -1.78. The lowest BCUT2D eigenvalue weighted by molar-refractivity contribution is -0.343. The van der Waals surface area contributed by atoms with E-state index in [2.05, 4.69) is 0 Å². The molecule has 0 saturated carbocycles. The quantitative estimate of drug-likeness (QED) is 0.0968. The first-order valence-corrected chi connectivity index (χ1v) is 19.8. The van der Waals surface area contributed by atoms with Crippen molar-refractivity contribution in [2.75, 3.05) is 13.2 Å². The van der Waals surface area contributed by atoms with Crippen LogP contribution in [0, 0.1) is 0 Å². The Morgan fingerprint density at radius 2 is 0.850 bits per heavy atom. The highest BCUT2D eigenvalue weighted by atomic mass is 16.7. The van der Waals surface area contributed by atoms with Crippen LogP contribution in [0.4, 0.5) is 0 Å². The molecule has 60 heavy (non-hydrogen) atoms. The van der Waals surface area contributed by atoms with Gasteiger partial charge < -0.3 is 52.5 Å². The Kier molecular flexibility index (Phi) is 16.7. The topological polar surface area (TPSA) is 164 Å². The second kappa shape index (κ2) is 22.5. The van der Waals surface area contributed by atoms with Gasteiger partial charge in [-0.15, -0.1) is 0 Å². The summed E-state index contributed by atoms with van der Waals surface area (Å²) in [5.74, 6) is -2.30. The number of hydrogen-bond donors (Lipinski definition) is 1. The van der Waals surface area contributed by atoms with Crippen LogP contribution in [0.15, 0.2) is 121 Å². The zero-order valence-corrected chi connectivity index (χ0v) is 33.8. The number of carbonyl (C=O) groups excluding carboxylic acids is 3. The van der Waals surface area contributed by atoms with E-state index in [1.54, 1.807) is 0 Å². The highest BCUT2D eigenvalue weighted by Gasteiger charge is 2.53. The maximum atomic E-state index is 12.4. The second-order valence-electron chi connectivity index (χ2n) is 14.4. The SMILES string of the molecule is CC(=O)O[C@@H]1[C@@H](OC(C)=O)[C@H](O)O[C@H](COC2O[C@H](COCc3ccccc3)[C@@H](OCc3ccccc3)[C@H](OCc3ccccc3)[C@H]2OCc2ccccc2)[C@H]1OC(C)=O. The Labute approximate surface area is 349 Å². The molecule has 6 rings (SSSR count). The predicted molar refractivity (Wildman–Crippen MR) is 213 cm³/mol. The fourth-order valence-corrected chi connectivity index (χ4v) is 7.08. The first-order valence-electron chi connectivity index (χ1n) is 19.8. The highest BCUT2D eigenvalue weighted by molar-refractivity contribution is 5.68. The van der Waals surface area contributed by atoms with Crippen molar-refractivity contribution in [2.24, 2.45) is 0 Å². The minimum absolute atomic E-state index is 0.0676. The van der Waals surface area contributed by atoms with E-state index >= 15 is 0 Å². The lowest BCUT2D eigenvalue weighted by Crippen LogP contribution is -2.64. The van der Waals surface area contributed by atoms with Gasteiger partial charge in [-0.3, -0.25) is 14.4 Å². The third-order valence-corrected chi connectivity index (χ3v) is 9.78. The van der Waals surface area contributed by atoms with Gasteiger partial charge in [-0.1, -0.05) is 121 Å². The normalized spacial score (nSPS) is 26.5. The summed E-state index contributed by atoms with van der Waals surface area (Å²) in [5, 5.41) is 11.1. The molecule has 2 saturated heterocycles. The maximum Gasteiger partial charge on any atom is 0.303 e. The molecule has 2 aliphatic heterocycles. The van der Waals surface area contributed by atoms with E-state index in [1.165, 1.54) is 0 Å². The van der Waals surface area contributed by atoms with Crippen molar-refractivity contribution < 1.29 is 66.9 Å². The zero-order valence-electron chi connectivity index (χ0n) is 33.8. The fraction of sp³-hybridized carbons (Fsp3) is 0.413. The van der Waals surface area contributed by atoms with Gasteiger partial charge in [0.1, 0.15) is 30.5 Å². The molecule has 4 aromatic carbocycles. The number of aliphatic hydroxyl groups excluding tert-OH is 1. The van der Waals surface area contributed by atoms with Crippen LogP contribution >= 0.6 is 0 Å². The average molecular weight is 829 g/mol. The first kappa shape index (κ1) is 44.5. The van der Waals surface area contributed by atoms with Crippen molar-refractivity contribution in [3.05, 3.63) is 144 Å². The Bertz CT molecular complexity index is 1900. The van der Waals surface area contributed by atoms with Crippen LogP contribution in [0.2, 0.25) is 0 Å². The third-order valence-electron chi connectivity index (χ3n) is 9.78. The molecule has 0 bridgehead atoms. The summed E-state index contributed by atoms with van der Waals surface area (Å²) >= 11 is 0. The van der Waals surface area contributed by atoms with Gasteiger partial charge in [-0.05, 0) is 22.3 Å². The predicted octanol–water partition coefficient (Wildman–Crippen LogP) is 5.21. The van der Waals surface area contributed by atoms with Crippen molar-refractivity contribution in [3.63, 3.8) is 0 Å². The molecule has 0 amide bonds. The molecule has 1 unspecified atom stereocenters. The Balaban J connectivity index is 1.34. The van der Waals surface area contributed by atoms with Crippen LogP contribution in [0.25, 0.3) is 0 Å². The standard InChI is InChI=1S/C46H52O14/c1-30(47)56-40-38(59-45(50)43(58-32(3)49)42(40)57-31(2)48)29-55-46-44(54-27-36-22-14-7-15-23-36)41(53-26-35-20-12-6-13-21-35)39(52-25-34-18-10-5-11-19-34)37(60-46)28-51-24-33-16-8-4-9-17-33/h4-23,37-46,50H,24-29H2,1-3H3/t37-,38-,39-,40-,41+,42+,43-,44-,45-,46?/m1/s1. The molecule has 0 radical (unpaired) electrons. The average Bonchev–Trinajstić information content (AvgIpc) is 3.24. The number of benzene rings is 4. The minimum Gasteiger partial charge on any atom is -0.456 e. The van der Waals surface area contributed by atoms with Crippen LogP contribution in [-0.4, -0.2) is 97.6 Å². The van der Waals surface area contributed by atoms with Crippen molar-refractivity contribution in [1.82, 2.24) is 0 Å². The Morgan fingerprint density at radius 1 is 0.450 bits per heavy atom. The summed E-state index contributed by atoms with van der Waals surface area (Å²) < 4.78 is 61.9. The van der Waals surface area contributed by atoms with Crippen LogP contribution in [0.3, 0.4) is 0 Å². The summed E-state index contributed by atoms with van der Waals surface area (Å²) in [5.41, 5.74) is 3.68. The van der Waals surface area contributed by atoms with E-state index in [0.717, 1.165) is 43.0 Å². The van der Waals surface area contributed by atoms with Crippen molar-refractivity contribution >= 4 is 17.9 Å². The van der Waals surface area contributed by atoms with E-state index < -0.39 is 79.3 Å². The van der Waals surface area contributed by atoms with Gasteiger partial charge in [-0.25, -0.2) is 0 Å². The molecule has 14 nitrogen and oxygen atoms in total. The molecular weight excluding hydrogens is 776 g/mol. The largest absolute Gasteiger partial charge is 0.456 e. The number of rotatable bonds is 19. The monoisotopic (exact) mass is 828 g/mol. The van der Waals surface area contributed by atoms with Crippen LogP contribution in [0.1, 0.15) is 43.0 Å². The Hall–Kier alpha value is -5.03. The smallest absolute Gasteiger partial charge is 0.303 e. The molecule has 0 aliphatic carbocycles. The Morgan fingerprint density at radius 3 is 1.33 bits per heavy atom. The van der Waals surface area contributed by atoms with Crippen molar-refractivity contribution in [1.29, 1.82) is 0 Å². The maximum absolute atomic E-state index is 12.4. The van der Waals surface area contributed by atoms with Crippen LogP contribution in [0.5, 0.6) is 0 Å². The molecule has 0 aromatic heterocycles. The molecule has 0 spiro atoms. The van der Waals surface area contributed by atoms with Gasteiger partial charge in [0.25, 0.3) is 0 Å². The fourth-order valence-electron chi connectivity index (χ4n) is 7.08. The molecule has 14 heteroatoms. The van der Waals surface area contributed by atoms with E-state index in [1.807, 2.05) is 121 Å². The molecule has 2 aliphatic rings. The van der Waals surface area contributed by atoms with E-state index in [9.17, 15) is 19.5 Å². The number of hydrogen-bond acceptors (Lipinski definition) is 14. The molecular formula is C46H52O14. The molecule has 2 fully saturated rings. The van der Waals surface area contributed by atoms with Crippen molar-refractivity contribution in [2.45, 2.75) is 109 Å². The molecule has 2 heterocycles. The van der Waals surface area contributed by atoms with Gasteiger partial charge in [0.05, 0.1) is 39.6 Å². The van der Waals surface area contributed by atoms with Gasteiger partial charge in [0.2, 0.25) is 0 Å². The number of ether oxygens (including phenoxy) is 10. The zero-order chi connectivity index (χ0) is 42.3. The van der Waals surface area contributed by atoms with E-state index in [4.69, 9.17) is 47.4 Å². The lowest BCUT2D eigenvalue weighted by Gasteiger charge is -2.47. The van der Waals surface area contributed by atoms with Gasteiger partial charge >= 0.3 is 17.9 Å². The third kappa shape index (κ3) is 13.0. The first-order chi connectivity index (χ1) is 29.1. The number of aliphatic hydroxyl groups is 1. The molecule has 1 N–H and O–H groups in total. The summed E-state index contributed by atoms with van der Waals surface area (Å²) in [4.78, 5) is 36.7. The summed E-state index contributed by atoms with van der Waals surface area (Å²) in [6.07, 6.45) is -11.8. The molecule has 4 aromatic rings. The number of esters is 3. The summed E-state index contributed by atoms with van der Waals surface area (Å²) in [7, 11) is 0.